The second-order valence-electron chi connectivity index (χ2n) is 5.10. The van der Waals surface area contributed by atoms with Gasteiger partial charge >= 0.3 is 0 Å². The Labute approximate surface area is 142 Å². The molecule has 0 N–H and O–H groups in total. The molecule has 4 aromatic rings. The zero-order valence-corrected chi connectivity index (χ0v) is 13.9. The Hall–Kier alpha value is -2.30. The van der Waals surface area contributed by atoms with Crippen molar-refractivity contribution in [2.45, 2.75) is 0 Å². The largest absolute Gasteiger partial charge is 0.497 e. The molecule has 2 aromatic carbocycles. The van der Waals surface area contributed by atoms with Crippen molar-refractivity contribution in [2.24, 2.45) is 0 Å². The summed E-state index contributed by atoms with van der Waals surface area (Å²) in [6, 6.07) is 15.8. The summed E-state index contributed by atoms with van der Waals surface area (Å²) in [7, 11) is 1.66. The van der Waals surface area contributed by atoms with Gasteiger partial charge in [0.05, 0.1) is 23.3 Å². The molecule has 0 atom stereocenters. The molecule has 0 aliphatic heterocycles. The Morgan fingerprint density at radius 1 is 1.09 bits per heavy atom. The molecule has 23 heavy (non-hydrogen) atoms. The van der Waals surface area contributed by atoms with Crippen molar-refractivity contribution >= 4 is 33.8 Å². The first-order chi connectivity index (χ1) is 11.3. The highest BCUT2D eigenvalue weighted by Gasteiger charge is 2.16. The third kappa shape index (κ3) is 2.40. The van der Waals surface area contributed by atoms with Gasteiger partial charge in [-0.05, 0) is 47.8 Å². The van der Waals surface area contributed by atoms with E-state index in [0.29, 0.717) is 5.02 Å². The number of thiophene rings is 1. The zero-order valence-electron chi connectivity index (χ0n) is 12.4. The van der Waals surface area contributed by atoms with Crippen molar-refractivity contribution in [3.63, 3.8) is 0 Å². The molecule has 2 aromatic heterocycles. The van der Waals surface area contributed by atoms with Crippen LogP contribution in [0.1, 0.15) is 0 Å². The molecule has 4 rings (SSSR count). The van der Waals surface area contributed by atoms with E-state index >= 15 is 0 Å². The second kappa shape index (κ2) is 5.72. The number of fused-ring (bicyclic) bond motifs is 1. The van der Waals surface area contributed by atoms with Gasteiger partial charge in [-0.2, -0.15) is 16.4 Å². The quantitative estimate of drug-likeness (QED) is 0.498. The van der Waals surface area contributed by atoms with Gasteiger partial charge in [-0.25, -0.2) is 4.68 Å². The fraction of sp³-hybridized carbons (Fsp3) is 0.0556. The van der Waals surface area contributed by atoms with Crippen LogP contribution in [0.3, 0.4) is 0 Å². The van der Waals surface area contributed by atoms with Crippen LogP contribution in [0.4, 0.5) is 0 Å². The summed E-state index contributed by atoms with van der Waals surface area (Å²) in [6.45, 7) is 0. The van der Waals surface area contributed by atoms with Gasteiger partial charge in [0.1, 0.15) is 11.4 Å². The highest BCUT2D eigenvalue weighted by molar-refractivity contribution is 7.08. The highest BCUT2D eigenvalue weighted by Crippen LogP contribution is 2.35. The lowest BCUT2D eigenvalue weighted by molar-refractivity contribution is 0.415. The van der Waals surface area contributed by atoms with Crippen LogP contribution >= 0.6 is 22.9 Å². The van der Waals surface area contributed by atoms with E-state index in [1.807, 2.05) is 52.5 Å². The molecule has 0 radical (unpaired) electrons. The van der Waals surface area contributed by atoms with Crippen molar-refractivity contribution in [3.8, 4) is 22.7 Å². The van der Waals surface area contributed by atoms with Crippen molar-refractivity contribution in [3.05, 3.63) is 64.3 Å². The van der Waals surface area contributed by atoms with E-state index in [2.05, 4.69) is 11.4 Å². The fourth-order valence-corrected chi connectivity index (χ4v) is 3.53. The van der Waals surface area contributed by atoms with Gasteiger partial charge in [0, 0.05) is 16.3 Å². The molecule has 0 amide bonds. The predicted molar refractivity (Wildman–Crippen MR) is 95.9 cm³/mol. The van der Waals surface area contributed by atoms with Crippen molar-refractivity contribution < 1.29 is 4.74 Å². The average Bonchev–Trinajstić information content (AvgIpc) is 3.23. The van der Waals surface area contributed by atoms with Crippen LogP contribution in [-0.2, 0) is 0 Å². The Morgan fingerprint density at radius 3 is 2.61 bits per heavy atom. The molecule has 0 unspecified atom stereocenters. The van der Waals surface area contributed by atoms with Crippen LogP contribution in [0, 0.1) is 0 Å². The lowest BCUT2D eigenvalue weighted by Gasteiger charge is -2.02. The van der Waals surface area contributed by atoms with E-state index in [9.17, 15) is 0 Å². The fourth-order valence-electron chi connectivity index (χ4n) is 2.65. The molecule has 0 fully saturated rings. The van der Waals surface area contributed by atoms with Gasteiger partial charge in [-0.3, -0.25) is 0 Å². The molecule has 114 valence electrons. The molecule has 0 aliphatic carbocycles. The molecule has 5 heteroatoms. The standard InChI is InChI=1S/C18H13ClN2OS/c1-22-14-7-5-12(6-8-14)18-17-15(19)3-2-4-16(17)21(20-18)13-9-10-23-11-13/h2-11H,1H3. The molecular weight excluding hydrogens is 328 g/mol. The summed E-state index contributed by atoms with van der Waals surface area (Å²) < 4.78 is 7.17. The van der Waals surface area contributed by atoms with E-state index < -0.39 is 0 Å². The first-order valence-electron chi connectivity index (χ1n) is 7.12. The molecule has 3 nitrogen and oxygen atoms in total. The lowest BCUT2D eigenvalue weighted by Crippen LogP contribution is -1.93. The van der Waals surface area contributed by atoms with Crippen LogP contribution in [-0.4, -0.2) is 16.9 Å². The van der Waals surface area contributed by atoms with Crippen LogP contribution in [0.5, 0.6) is 5.75 Å². The van der Waals surface area contributed by atoms with Gasteiger partial charge in [0.2, 0.25) is 0 Å². The maximum Gasteiger partial charge on any atom is 0.118 e. The Balaban J connectivity index is 1.99. The highest BCUT2D eigenvalue weighted by atomic mass is 35.5. The number of rotatable bonds is 3. The first-order valence-corrected chi connectivity index (χ1v) is 8.44. The number of nitrogens with zero attached hydrogens (tertiary/aromatic N) is 2. The molecule has 0 aliphatic rings. The van der Waals surface area contributed by atoms with Crippen LogP contribution in [0.2, 0.25) is 5.02 Å². The predicted octanol–water partition coefficient (Wildman–Crippen LogP) is 5.42. The Morgan fingerprint density at radius 2 is 1.91 bits per heavy atom. The summed E-state index contributed by atoms with van der Waals surface area (Å²) in [5.41, 5.74) is 3.93. The van der Waals surface area contributed by atoms with Gasteiger partial charge in [0.15, 0.2) is 0 Å². The van der Waals surface area contributed by atoms with Crippen molar-refractivity contribution in [1.29, 1.82) is 0 Å². The van der Waals surface area contributed by atoms with E-state index in [-0.39, 0.29) is 0 Å². The lowest BCUT2D eigenvalue weighted by atomic mass is 10.1. The van der Waals surface area contributed by atoms with Crippen molar-refractivity contribution in [2.75, 3.05) is 7.11 Å². The Kier molecular flexibility index (Phi) is 3.56. The third-order valence-corrected chi connectivity index (χ3v) is 4.76. The minimum Gasteiger partial charge on any atom is -0.497 e. The van der Waals surface area contributed by atoms with Gasteiger partial charge in [0.25, 0.3) is 0 Å². The topological polar surface area (TPSA) is 27.1 Å². The molecule has 2 heterocycles. The molecule has 0 saturated heterocycles. The van der Waals surface area contributed by atoms with Crippen LogP contribution < -0.4 is 4.74 Å². The summed E-state index contributed by atoms with van der Waals surface area (Å²) in [5.74, 6) is 0.821. The van der Waals surface area contributed by atoms with E-state index in [0.717, 1.165) is 33.6 Å². The smallest absolute Gasteiger partial charge is 0.118 e. The summed E-state index contributed by atoms with van der Waals surface area (Å²) in [5, 5.41) is 10.6. The number of hydrogen-bond acceptors (Lipinski definition) is 3. The first kappa shape index (κ1) is 14.3. The third-order valence-electron chi connectivity index (χ3n) is 3.77. The number of methoxy groups -OCH3 is 1. The number of ether oxygens (including phenoxy) is 1. The van der Waals surface area contributed by atoms with Crippen molar-refractivity contribution in [1.82, 2.24) is 9.78 Å². The number of halogens is 1. The average molecular weight is 341 g/mol. The van der Waals surface area contributed by atoms with Gasteiger partial charge < -0.3 is 4.74 Å². The monoisotopic (exact) mass is 340 g/mol. The Bertz CT molecular complexity index is 959. The maximum atomic E-state index is 6.47. The molecular formula is C18H13ClN2OS. The van der Waals surface area contributed by atoms with E-state index in [1.165, 1.54) is 0 Å². The minimum absolute atomic E-state index is 0.704. The second-order valence-corrected chi connectivity index (χ2v) is 6.29. The van der Waals surface area contributed by atoms with E-state index in [4.69, 9.17) is 21.4 Å². The summed E-state index contributed by atoms with van der Waals surface area (Å²) in [4.78, 5) is 0. The number of hydrogen-bond donors (Lipinski definition) is 0. The van der Waals surface area contributed by atoms with Gasteiger partial charge in [-0.15, -0.1) is 0 Å². The molecule has 0 spiro atoms. The summed E-state index contributed by atoms with van der Waals surface area (Å²) >= 11 is 8.12. The van der Waals surface area contributed by atoms with Crippen LogP contribution in [0.15, 0.2) is 59.3 Å². The normalized spacial score (nSPS) is 11.0. The van der Waals surface area contributed by atoms with Gasteiger partial charge in [-0.1, -0.05) is 17.7 Å². The minimum atomic E-state index is 0.704. The molecule has 0 saturated carbocycles. The number of aromatic nitrogens is 2. The summed E-state index contributed by atoms with van der Waals surface area (Å²) in [6.07, 6.45) is 0. The zero-order chi connectivity index (χ0) is 15.8. The number of benzene rings is 2. The SMILES string of the molecule is COc1ccc(-c2nn(-c3ccsc3)c3cccc(Cl)c23)cc1. The van der Waals surface area contributed by atoms with E-state index in [1.54, 1.807) is 18.4 Å². The molecule has 0 bridgehead atoms. The maximum absolute atomic E-state index is 6.47. The van der Waals surface area contributed by atoms with Crippen LogP contribution in [0.25, 0.3) is 27.8 Å².